The van der Waals surface area contributed by atoms with E-state index in [9.17, 15) is 8.78 Å². The second-order valence-corrected chi connectivity index (χ2v) is 3.61. The number of halogens is 2. The van der Waals surface area contributed by atoms with Gasteiger partial charge in [-0.05, 0) is 32.4 Å². The molecule has 4 heteroatoms. The van der Waals surface area contributed by atoms with Crippen molar-refractivity contribution in [3.8, 4) is 0 Å². The summed E-state index contributed by atoms with van der Waals surface area (Å²) in [5, 5.41) is 0. The van der Waals surface area contributed by atoms with Gasteiger partial charge < -0.3 is 5.73 Å². The highest BCUT2D eigenvalue weighted by atomic mass is 19.3. The van der Waals surface area contributed by atoms with Crippen LogP contribution in [0.25, 0.3) is 0 Å². The predicted molar refractivity (Wildman–Crippen MR) is 48.9 cm³/mol. The van der Waals surface area contributed by atoms with E-state index in [4.69, 9.17) is 5.73 Å². The highest BCUT2D eigenvalue weighted by Gasteiger charge is 2.26. The largest absolute Gasteiger partial charge is 0.330 e. The van der Waals surface area contributed by atoms with Gasteiger partial charge >= 0.3 is 0 Å². The number of hydrogen-bond donors (Lipinski definition) is 1. The fraction of sp³-hybridized carbons (Fsp3) is 1.00. The van der Waals surface area contributed by atoms with Crippen molar-refractivity contribution in [3.63, 3.8) is 0 Å². The van der Waals surface area contributed by atoms with Gasteiger partial charge in [-0.3, -0.25) is 4.90 Å². The zero-order valence-electron chi connectivity index (χ0n) is 7.88. The molecule has 0 aromatic rings. The monoisotopic (exact) mass is 192 g/mol. The van der Waals surface area contributed by atoms with Crippen LogP contribution >= 0.6 is 0 Å². The Morgan fingerprint density at radius 1 is 1.38 bits per heavy atom. The molecule has 0 saturated heterocycles. The van der Waals surface area contributed by atoms with Crippen LogP contribution in [0.3, 0.4) is 0 Å². The number of nitrogens with zero attached hydrogens (tertiary/aromatic N) is 1. The van der Waals surface area contributed by atoms with Gasteiger partial charge in [-0.25, -0.2) is 8.78 Å². The minimum absolute atomic E-state index is 0.0787. The Bertz CT molecular complexity index is 138. The highest BCUT2D eigenvalue weighted by Crippen LogP contribution is 2.25. The van der Waals surface area contributed by atoms with Gasteiger partial charge in [0.25, 0.3) is 6.43 Å². The van der Waals surface area contributed by atoms with E-state index in [-0.39, 0.29) is 6.54 Å². The lowest BCUT2D eigenvalue weighted by Crippen LogP contribution is -2.43. The third-order valence-electron chi connectivity index (χ3n) is 2.61. The third-order valence-corrected chi connectivity index (χ3v) is 2.61. The minimum atomic E-state index is -2.21. The lowest BCUT2D eigenvalue weighted by atomic mass is 9.91. The molecule has 2 nitrogen and oxygen atoms in total. The fourth-order valence-corrected chi connectivity index (χ4v) is 1.65. The first kappa shape index (κ1) is 10.9. The van der Waals surface area contributed by atoms with Crippen LogP contribution < -0.4 is 5.73 Å². The molecule has 0 unspecified atom stereocenters. The third kappa shape index (κ3) is 3.56. The van der Waals surface area contributed by atoms with Gasteiger partial charge in [-0.2, -0.15) is 0 Å². The van der Waals surface area contributed by atoms with Gasteiger partial charge in [0.1, 0.15) is 0 Å². The van der Waals surface area contributed by atoms with Crippen LogP contribution in [0.4, 0.5) is 8.78 Å². The Labute approximate surface area is 78.1 Å². The van der Waals surface area contributed by atoms with Crippen LogP contribution in [-0.2, 0) is 0 Å². The molecule has 0 aromatic carbocycles. The summed E-state index contributed by atoms with van der Waals surface area (Å²) >= 11 is 0. The summed E-state index contributed by atoms with van der Waals surface area (Å²) in [5.74, 6) is 0. The molecular weight excluding hydrogens is 174 g/mol. The topological polar surface area (TPSA) is 29.3 Å². The van der Waals surface area contributed by atoms with Crippen LogP contribution in [0.5, 0.6) is 0 Å². The first-order chi connectivity index (χ1) is 6.24. The summed E-state index contributed by atoms with van der Waals surface area (Å²) in [4.78, 5) is 1.89. The number of nitrogens with two attached hydrogens (primary N) is 1. The molecule has 0 spiro atoms. The van der Waals surface area contributed by atoms with E-state index in [1.54, 1.807) is 0 Å². The van der Waals surface area contributed by atoms with Gasteiger partial charge in [0.2, 0.25) is 0 Å². The quantitative estimate of drug-likeness (QED) is 0.690. The summed E-state index contributed by atoms with van der Waals surface area (Å²) in [7, 11) is 0. The number of alkyl halides is 2. The van der Waals surface area contributed by atoms with Crippen molar-refractivity contribution in [2.24, 2.45) is 5.73 Å². The molecule has 0 bridgehead atoms. The predicted octanol–water partition coefficient (Wildman–Crippen LogP) is 1.45. The van der Waals surface area contributed by atoms with E-state index in [1.165, 1.54) is 6.42 Å². The molecule has 0 aromatic heterocycles. The van der Waals surface area contributed by atoms with Crippen molar-refractivity contribution in [1.82, 2.24) is 4.90 Å². The van der Waals surface area contributed by atoms with Crippen LogP contribution in [0.2, 0.25) is 0 Å². The summed E-state index contributed by atoms with van der Waals surface area (Å²) in [5.41, 5.74) is 5.35. The second kappa shape index (κ2) is 5.50. The molecule has 1 fully saturated rings. The Balaban J connectivity index is 2.24. The first-order valence-corrected chi connectivity index (χ1v) is 4.96. The molecule has 13 heavy (non-hydrogen) atoms. The van der Waals surface area contributed by atoms with Crippen LogP contribution in [0, 0.1) is 0 Å². The summed E-state index contributed by atoms with van der Waals surface area (Å²) in [6.07, 6.45) is 1.96. The van der Waals surface area contributed by atoms with E-state index in [0.29, 0.717) is 12.6 Å². The van der Waals surface area contributed by atoms with Crippen LogP contribution in [0.15, 0.2) is 0 Å². The molecule has 0 atom stereocenters. The van der Waals surface area contributed by atoms with Gasteiger partial charge in [0.15, 0.2) is 0 Å². The summed E-state index contributed by atoms with van der Waals surface area (Å²) in [6.45, 7) is 1.24. The number of hydrogen-bond acceptors (Lipinski definition) is 2. The van der Waals surface area contributed by atoms with Crippen LogP contribution in [-0.4, -0.2) is 37.0 Å². The van der Waals surface area contributed by atoms with Crippen molar-refractivity contribution in [2.45, 2.75) is 38.2 Å². The standard InChI is InChI=1S/C9H18F2N2/c10-9(11)7-13(6-2-5-12)8-3-1-4-8/h8-9H,1-7,12H2. The zero-order chi connectivity index (χ0) is 9.68. The molecule has 0 heterocycles. The molecule has 2 N–H and O–H groups in total. The zero-order valence-corrected chi connectivity index (χ0v) is 7.88. The lowest BCUT2D eigenvalue weighted by molar-refractivity contribution is 0.0416. The molecule has 0 aliphatic heterocycles. The molecule has 0 radical (unpaired) electrons. The Hall–Kier alpha value is -0.220. The molecule has 78 valence electrons. The normalized spacial score (nSPS) is 18.2. The Kier molecular flexibility index (Phi) is 4.59. The van der Waals surface area contributed by atoms with Gasteiger partial charge in [-0.15, -0.1) is 0 Å². The van der Waals surface area contributed by atoms with Crippen molar-refractivity contribution in [2.75, 3.05) is 19.6 Å². The first-order valence-electron chi connectivity index (χ1n) is 4.96. The fourth-order valence-electron chi connectivity index (χ4n) is 1.65. The SMILES string of the molecule is NCCCN(CC(F)F)C1CCC1. The maximum Gasteiger partial charge on any atom is 0.251 e. The maximum absolute atomic E-state index is 12.2. The second-order valence-electron chi connectivity index (χ2n) is 3.61. The Morgan fingerprint density at radius 2 is 2.08 bits per heavy atom. The molecule has 1 rings (SSSR count). The van der Waals surface area contributed by atoms with E-state index in [1.807, 2.05) is 4.90 Å². The van der Waals surface area contributed by atoms with Crippen molar-refractivity contribution in [1.29, 1.82) is 0 Å². The molecule has 1 aliphatic carbocycles. The maximum atomic E-state index is 12.2. The molecule has 0 amide bonds. The van der Waals surface area contributed by atoms with E-state index in [0.717, 1.165) is 25.8 Å². The number of rotatable bonds is 6. The minimum Gasteiger partial charge on any atom is -0.330 e. The summed E-state index contributed by atoms with van der Waals surface area (Å²) < 4.78 is 24.3. The van der Waals surface area contributed by atoms with Crippen molar-refractivity contribution in [3.05, 3.63) is 0 Å². The molecule has 1 aliphatic rings. The van der Waals surface area contributed by atoms with Crippen LogP contribution in [0.1, 0.15) is 25.7 Å². The Morgan fingerprint density at radius 3 is 2.46 bits per heavy atom. The van der Waals surface area contributed by atoms with Gasteiger partial charge in [0, 0.05) is 6.04 Å². The average molecular weight is 192 g/mol. The molecule has 1 saturated carbocycles. The lowest BCUT2D eigenvalue weighted by Gasteiger charge is -2.37. The van der Waals surface area contributed by atoms with Gasteiger partial charge in [0.05, 0.1) is 6.54 Å². The smallest absolute Gasteiger partial charge is 0.251 e. The van der Waals surface area contributed by atoms with E-state index in [2.05, 4.69) is 0 Å². The highest BCUT2D eigenvalue weighted by molar-refractivity contribution is 4.80. The van der Waals surface area contributed by atoms with Crippen molar-refractivity contribution < 1.29 is 8.78 Å². The molecular formula is C9H18F2N2. The van der Waals surface area contributed by atoms with Crippen molar-refractivity contribution >= 4 is 0 Å². The van der Waals surface area contributed by atoms with Gasteiger partial charge in [-0.1, -0.05) is 6.42 Å². The summed E-state index contributed by atoms with van der Waals surface area (Å²) in [6, 6.07) is 0.403. The average Bonchev–Trinajstić information content (AvgIpc) is 1.95. The van der Waals surface area contributed by atoms with E-state index < -0.39 is 6.43 Å². The van der Waals surface area contributed by atoms with E-state index >= 15 is 0 Å².